The molecule has 130 valence electrons. The predicted molar refractivity (Wildman–Crippen MR) is 89.4 cm³/mol. The first-order chi connectivity index (χ1) is 10.8. The van der Waals surface area contributed by atoms with Crippen molar-refractivity contribution < 1.29 is 13.5 Å². The van der Waals surface area contributed by atoms with Crippen molar-refractivity contribution in [3.05, 3.63) is 11.7 Å². The Bertz CT molecular complexity index is 557. The molecule has 0 saturated carbocycles. The Morgan fingerprint density at radius 1 is 1.26 bits per heavy atom. The van der Waals surface area contributed by atoms with E-state index in [0.717, 1.165) is 25.9 Å². The minimum Gasteiger partial charge on any atom is -0.342 e. The maximum atomic E-state index is 12.5. The lowest BCUT2D eigenvalue weighted by Crippen LogP contribution is -2.40. The van der Waals surface area contributed by atoms with Gasteiger partial charge in [0.2, 0.25) is 11.8 Å². The van der Waals surface area contributed by atoms with Crippen LogP contribution in [0.5, 0.6) is 0 Å². The molecule has 6 nitrogen and oxygen atoms in total. The van der Waals surface area contributed by atoms with Gasteiger partial charge >= 0.3 is 0 Å². The summed E-state index contributed by atoms with van der Waals surface area (Å²) in [5.41, 5.74) is -0.212. The molecule has 23 heavy (non-hydrogen) atoms. The van der Waals surface area contributed by atoms with Gasteiger partial charge < -0.3 is 9.42 Å². The zero-order valence-corrected chi connectivity index (χ0v) is 15.3. The van der Waals surface area contributed by atoms with E-state index in [1.54, 1.807) is 6.92 Å². The summed E-state index contributed by atoms with van der Waals surface area (Å²) >= 11 is 0. The van der Waals surface area contributed by atoms with Crippen LogP contribution in [0.4, 0.5) is 0 Å². The highest BCUT2D eigenvalue weighted by molar-refractivity contribution is 7.85. The predicted octanol–water partition coefficient (Wildman–Crippen LogP) is 2.41. The van der Waals surface area contributed by atoms with E-state index < -0.39 is 16.0 Å². The van der Waals surface area contributed by atoms with Gasteiger partial charge in [-0.05, 0) is 19.8 Å². The van der Waals surface area contributed by atoms with Gasteiger partial charge in [-0.15, -0.1) is 0 Å². The van der Waals surface area contributed by atoms with Crippen LogP contribution < -0.4 is 0 Å². The molecule has 7 heteroatoms. The van der Waals surface area contributed by atoms with Crippen LogP contribution in [-0.2, 0) is 26.8 Å². The Kier molecular flexibility index (Phi) is 5.95. The molecule has 2 heterocycles. The smallest absolute Gasteiger partial charge is 0.239 e. The van der Waals surface area contributed by atoms with Gasteiger partial charge in [-0.3, -0.25) is 9.00 Å². The summed E-state index contributed by atoms with van der Waals surface area (Å²) in [6, 6.07) is 0. The average molecular weight is 341 g/mol. The molecule has 1 aliphatic rings. The molecule has 1 aromatic heterocycles. The molecular weight excluding hydrogens is 314 g/mol. The molecule has 0 bridgehead atoms. The number of rotatable bonds is 4. The number of aromatic nitrogens is 2. The highest BCUT2D eigenvalue weighted by Gasteiger charge is 2.28. The summed E-state index contributed by atoms with van der Waals surface area (Å²) in [4.78, 5) is 18.7. The molecule has 1 aromatic rings. The van der Waals surface area contributed by atoms with Crippen LogP contribution >= 0.6 is 0 Å². The highest BCUT2D eigenvalue weighted by Crippen LogP contribution is 2.19. The second-order valence-electron chi connectivity index (χ2n) is 7.17. The van der Waals surface area contributed by atoms with Crippen molar-refractivity contribution in [2.45, 2.75) is 69.8 Å². The van der Waals surface area contributed by atoms with Gasteiger partial charge in [0.05, 0.1) is 0 Å². The minimum atomic E-state index is -1.35. The molecule has 1 aliphatic heterocycles. The topological polar surface area (TPSA) is 76.3 Å². The van der Waals surface area contributed by atoms with Crippen molar-refractivity contribution in [3.8, 4) is 0 Å². The molecule has 0 unspecified atom stereocenters. The molecule has 1 amide bonds. The van der Waals surface area contributed by atoms with Crippen molar-refractivity contribution in [2.75, 3.05) is 13.1 Å². The van der Waals surface area contributed by atoms with Crippen LogP contribution in [0.1, 0.15) is 65.1 Å². The Hall–Kier alpha value is -1.24. The first-order valence-electron chi connectivity index (χ1n) is 8.28. The summed E-state index contributed by atoms with van der Waals surface area (Å²) in [6.45, 7) is 9.24. The van der Waals surface area contributed by atoms with Gasteiger partial charge in [-0.2, -0.15) is 4.98 Å². The first kappa shape index (κ1) is 18.1. The molecule has 1 fully saturated rings. The van der Waals surface area contributed by atoms with E-state index >= 15 is 0 Å². The third-order valence-electron chi connectivity index (χ3n) is 4.06. The van der Waals surface area contributed by atoms with E-state index in [0.29, 0.717) is 11.7 Å². The van der Waals surface area contributed by atoms with E-state index in [1.165, 1.54) is 12.8 Å². The maximum Gasteiger partial charge on any atom is 0.239 e. The quantitative estimate of drug-likeness (QED) is 0.840. The Morgan fingerprint density at radius 2 is 1.87 bits per heavy atom. The van der Waals surface area contributed by atoms with Crippen molar-refractivity contribution in [1.82, 2.24) is 15.0 Å². The first-order valence-corrected chi connectivity index (χ1v) is 9.66. The number of nitrogens with zero attached hydrogens (tertiary/aromatic N) is 3. The van der Waals surface area contributed by atoms with Gasteiger partial charge in [0, 0.05) is 29.3 Å². The van der Waals surface area contributed by atoms with Gasteiger partial charge in [-0.1, -0.05) is 38.8 Å². The number of hydrogen-bond donors (Lipinski definition) is 0. The van der Waals surface area contributed by atoms with Crippen LogP contribution in [0.3, 0.4) is 0 Å². The van der Waals surface area contributed by atoms with Crippen LogP contribution in [0.15, 0.2) is 4.52 Å². The van der Waals surface area contributed by atoms with Gasteiger partial charge in [-0.25, -0.2) is 0 Å². The maximum absolute atomic E-state index is 12.5. The summed E-state index contributed by atoms with van der Waals surface area (Å²) in [5, 5.41) is 3.39. The Morgan fingerprint density at radius 3 is 2.39 bits per heavy atom. The molecule has 0 radical (unpaired) electrons. The largest absolute Gasteiger partial charge is 0.342 e. The molecule has 0 N–H and O–H groups in total. The molecule has 2 rings (SSSR count). The second-order valence-corrected chi connectivity index (χ2v) is 8.93. The number of carbonyl (C=O) groups is 1. The fourth-order valence-corrected chi connectivity index (χ4v) is 3.51. The SMILES string of the molecule is C[C@@H](C(=O)N1CCCCCC1)[S@@](=O)Cc1nc(C(C)(C)C)no1. The third-order valence-corrected chi connectivity index (χ3v) is 5.59. The fourth-order valence-electron chi connectivity index (χ4n) is 2.53. The minimum absolute atomic E-state index is 0.0270. The number of hydrogen-bond acceptors (Lipinski definition) is 5. The van der Waals surface area contributed by atoms with E-state index in [-0.39, 0.29) is 17.1 Å². The lowest BCUT2D eigenvalue weighted by atomic mass is 9.96. The van der Waals surface area contributed by atoms with Crippen LogP contribution in [0, 0.1) is 0 Å². The van der Waals surface area contributed by atoms with Crippen molar-refractivity contribution in [2.24, 2.45) is 0 Å². The summed E-state index contributed by atoms with van der Waals surface area (Å²) in [7, 11) is -1.35. The summed E-state index contributed by atoms with van der Waals surface area (Å²) in [6.07, 6.45) is 4.39. The van der Waals surface area contributed by atoms with Gasteiger partial charge in [0.1, 0.15) is 11.0 Å². The monoisotopic (exact) mass is 341 g/mol. The van der Waals surface area contributed by atoms with E-state index in [1.807, 2.05) is 25.7 Å². The summed E-state index contributed by atoms with van der Waals surface area (Å²) in [5.74, 6) is 1.03. The lowest BCUT2D eigenvalue weighted by Gasteiger charge is -2.23. The van der Waals surface area contributed by atoms with Crippen molar-refractivity contribution >= 4 is 16.7 Å². The molecule has 0 aliphatic carbocycles. The van der Waals surface area contributed by atoms with E-state index in [4.69, 9.17) is 4.52 Å². The van der Waals surface area contributed by atoms with Crippen LogP contribution in [0.2, 0.25) is 0 Å². The van der Waals surface area contributed by atoms with Crippen molar-refractivity contribution in [3.63, 3.8) is 0 Å². The van der Waals surface area contributed by atoms with E-state index in [2.05, 4.69) is 10.1 Å². The molecule has 0 aromatic carbocycles. The van der Waals surface area contributed by atoms with Crippen molar-refractivity contribution in [1.29, 1.82) is 0 Å². The lowest BCUT2D eigenvalue weighted by molar-refractivity contribution is -0.130. The number of amides is 1. The highest BCUT2D eigenvalue weighted by atomic mass is 32.2. The Labute approximate surface area is 140 Å². The fraction of sp³-hybridized carbons (Fsp3) is 0.812. The van der Waals surface area contributed by atoms with Crippen LogP contribution in [0.25, 0.3) is 0 Å². The average Bonchev–Trinajstić information content (AvgIpc) is 2.80. The van der Waals surface area contributed by atoms with E-state index in [9.17, 15) is 9.00 Å². The molecule has 1 saturated heterocycles. The zero-order chi connectivity index (χ0) is 17.0. The summed E-state index contributed by atoms with van der Waals surface area (Å²) < 4.78 is 17.7. The Balaban J connectivity index is 1.96. The van der Waals surface area contributed by atoms with Gasteiger partial charge in [0.15, 0.2) is 5.82 Å². The van der Waals surface area contributed by atoms with Gasteiger partial charge in [0.25, 0.3) is 0 Å². The third kappa shape index (κ3) is 4.86. The zero-order valence-electron chi connectivity index (χ0n) is 14.5. The molecule has 0 spiro atoms. The standard InChI is InChI=1S/C16H27N3O3S/c1-12(14(20)19-9-7-5-6-8-10-19)23(21)11-13-17-15(18-22-13)16(2,3)4/h12H,5-11H2,1-4H3/t12-,23-/m0/s1. The van der Waals surface area contributed by atoms with Crippen LogP contribution in [-0.4, -0.2) is 43.5 Å². The second kappa shape index (κ2) is 7.55. The molecule has 2 atom stereocenters. The normalized spacial score (nSPS) is 19.2. The molecular formula is C16H27N3O3S. The number of likely N-dealkylation sites (tertiary alicyclic amines) is 1. The number of carbonyl (C=O) groups excluding carboxylic acids is 1.